The molecule has 0 bridgehead atoms. The topological polar surface area (TPSA) is 84.0 Å². The SMILES string of the molecule is O=C(CSc1nccc(C(F)(F)F)n1)NC(=O)Nc1ccccc1. The normalized spacial score (nSPS) is 11.0. The van der Waals surface area contributed by atoms with Crippen LogP contribution < -0.4 is 10.6 Å². The van der Waals surface area contributed by atoms with Gasteiger partial charge in [-0.1, -0.05) is 30.0 Å². The number of aromatic nitrogens is 2. The summed E-state index contributed by atoms with van der Waals surface area (Å²) in [6.45, 7) is 0. The third-order valence-electron chi connectivity index (χ3n) is 2.54. The van der Waals surface area contributed by atoms with Crippen LogP contribution in [0.3, 0.4) is 0 Å². The van der Waals surface area contributed by atoms with Gasteiger partial charge in [-0.3, -0.25) is 10.1 Å². The summed E-state index contributed by atoms with van der Waals surface area (Å²) in [5.41, 5.74) is -0.598. The zero-order valence-corrected chi connectivity index (χ0v) is 12.8. The highest BCUT2D eigenvalue weighted by Gasteiger charge is 2.32. The van der Waals surface area contributed by atoms with Crippen LogP contribution in [0.5, 0.6) is 0 Å². The molecule has 0 aliphatic rings. The van der Waals surface area contributed by atoms with Crippen molar-refractivity contribution >= 4 is 29.4 Å². The molecule has 0 fully saturated rings. The molecule has 3 amide bonds. The van der Waals surface area contributed by atoms with E-state index in [2.05, 4.69) is 20.6 Å². The number of nitrogens with zero attached hydrogens (tertiary/aromatic N) is 2. The Bertz CT molecular complexity index is 725. The number of nitrogens with one attached hydrogen (secondary N) is 2. The summed E-state index contributed by atoms with van der Waals surface area (Å²) in [6.07, 6.45) is -3.63. The number of para-hydroxylation sites is 1. The van der Waals surface area contributed by atoms with Crippen molar-refractivity contribution < 1.29 is 22.8 Å². The lowest BCUT2D eigenvalue weighted by molar-refractivity contribution is -0.141. The van der Waals surface area contributed by atoms with Crippen LogP contribution in [0, 0.1) is 0 Å². The van der Waals surface area contributed by atoms with E-state index in [1.165, 1.54) is 0 Å². The molecule has 0 atom stereocenters. The average molecular weight is 356 g/mol. The van der Waals surface area contributed by atoms with E-state index in [0.29, 0.717) is 17.4 Å². The highest BCUT2D eigenvalue weighted by atomic mass is 32.2. The van der Waals surface area contributed by atoms with Gasteiger partial charge in [0.05, 0.1) is 5.75 Å². The van der Waals surface area contributed by atoms with Crippen LogP contribution in [0.25, 0.3) is 0 Å². The van der Waals surface area contributed by atoms with E-state index in [0.717, 1.165) is 12.3 Å². The number of benzene rings is 1. The second-order valence-electron chi connectivity index (χ2n) is 4.38. The Morgan fingerprint density at radius 3 is 2.50 bits per heavy atom. The van der Waals surface area contributed by atoms with Crippen molar-refractivity contribution in [1.82, 2.24) is 15.3 Å². The second-order valence-corrected chi connectivity index (χ2v) is 5.32. The number of carbonyl (C=O) groups is 2. The van der Waals surface area contributed by atoms with Crippen molar-refractivity contribution in [2.75, 3.05) is 11.1 Å². The molecular formula is C14H11F3N4O2S. The molecule has 0 aliphatic carbocycles. The number of amides is 3. The van der Waals surface area contributed by atoms with E-state index >= 15 is 0 Å². The molecule has 0 spiro atoms. The molecule has 0 saturated carbocycles. The summed E-state index contributed by atoms with van der Waals surface area (Å²) in [6, 6.07) is 8.44. The first kappa shape index (κ1) is 17.7. The van der Waals surface area contributed by atoms with Crippen LogP contribution in [0.1, 0.15) is 5.69 Å². The molecule has 2 aromatic rings. The minimum Gasteiger partial charge on any atom is -0.308 e. The largest absolute Gasteiger partial charge is 0.433 e. The number of urea groups is 1. The Morgan fingerprint density at radius 2 is 1.83 bits per heavy atom. The van der Waals surface area contributed by atoms with Gasteiger partial charge in [0.15, 0.2) is 5.16 Å². The maximum atomic E-state index is 12.5. The number of hydrogen-bond donors (Lipinski definition) is 2. The molecule has 126 valence electrons. The molecule has 0 saturated heterocycles. The maximum absolute atomic E-state index is 12.5. The zero-order valence-electron chi connectivity index (χ0n) is 12.0. The predicted molar refractivity (Wildman–Crippen MR) is 81.4 cm³/mol. The van der Waals surface area contributed by atoms with E-state index < -0.39 is 23.8 Å². The Labute approximate surface area is 138 Å². The average Bonchev–Trinajstić information content (AvgIpc) is 2.53. The summed E-state index contributed by atoms with van der Waals surface area (Å²) in [5.74, 6) is -0.988. The third-order valence-corrected chi connectivity index (χ3v) is 3.40. The van der Waals surface area contributed by atoms with Crippen LogP contribution in [-0.4, -0.2) is 27.7 Å². The fourth-order valence-electron chi connectivity index (χ4n) is 1.54. The predicted octanol–water partition coefficient (Wildman–Crippen LogP) is 2.94. The standard InChI is InChI=1S/C14H11F3N4O2S/c15-14(16,17)10-6-7-18-13(20-10)24-8-11(22)21-12(23)19-9-4-2-1-3-5-9/h1-7H,8H2,(H2,19,21,22,23). The molecule has 10 heteroatoms. The van der Waals surface area contributed by atoms with Crippen molar-refractivity contribution in [2.24, 2.45) is 0 Å². The first-order valence-corrected chi connectivity index (χ1v) is 7.52. The molecule has 1 aromatic carbocycles. The Morgan fingerprint density at radius 1 is 1.12 bits per heavy atom. The number of rotatable bonds is 4. The lowest BCUT2D eigenvalue weighted by Crippen LogP contribution is -2.35. The summed E-state index contributed by atoms with van der Waals surface area (Å²) in [5, 5.41) is 4.29. The summed E-state index contributed by atoms with van der Waals surface area (Å²) in [7, 11) is 0. The number of hydrogen-bond acceptors (Lipinski definition) is 5. The molecule has 2 rings (SSSR count). The van der Waals surface area contributed by atoms with E-state index in [4.69, 9.17) is 0 Å². The van der Waals surface area contributed by atoms with Crippen molar-refractivity contribution in [2.45, 2.75) is 11.3 Å². The van der Waals surface area contributed by atoms with Gasteiger partial charge in [-0.2, -0.15) is 13.2 Å². The van der Waals surface area contributed by atoms with Crippen LogP contribution in [-0.2, 0) is 11.0 Å². The first-order valence-electron chi connectivity index (χ1n) is 6.53. The van der Waals surface area contributed by atoms with Gasteiger partial charge < -0.3 is 5.32 Å². The molecule has 2 N–H and O–H groups in total. The molecule has 1 heterocycles. The first-order chi connectivity index (χ1) is 11.3. The van der Waals surface area contributed by atoms with Gasteiger partial charge in [-0.05, 0) is 18.2 Å². The monoisotopic (exact) mass is 356 g/mol. The number of anilines is 1. The van der Waals surface area contributed by atoms with Crippen molar-refractivity contribution in [3.05, 3.63) is 48.3 Å². The number of imide groups is 1. The lowest BCUT2D eigenvalue weighted by Gasteiger charge is -2.07. The Kier molecular flexibility index (Phi) is 5.74. The van der Waals surface area contributed by atoms with Gasteiger partial charge in [0.25, 0.3) is 0 Å². The molecular weight excluding hydrogens is 345 g/mol. The highest BCUT2D eigenvalue weighted by molar-refractivity contribution is 7.99. The number of thioether (sulfide) groups is 1. The quantitative estimate of drug-likeness (QED) is 0.650. The van der Waals surface area contributed by atoms with Crippen LogP contribution >= 0.6 is 11.8 Å². The number of alkyl halides is 3. The molecule has 1 aromatic heterocycles. The maximum Gasteiger partial charge on any atom is 0.433 e. The highest BCUT2D eigenvalue weighted by Crippen LogP contribution is 2.28. The van der Waals surface area contributed by atoms with Crippen LogP contribution in [0.4, 0.5) is 23.7 Å². The smallest absolute Gasteiger partial charge is 0.308 e. The molecule has 6 nitrogen and oxygen atoms in total. The second kappa shape index (κ2) is 7.77. The van der Waals surface area contributed by atoms with E-state index in [1.807, 2.05) is 0 Å². The van der Waals surface area contributed by atoms with Crippen molar-refractivity contribution in [3.63, 3.8) is 0 Å². The van der Waals surface area contributed by atoms with Gasteiger partial charge in [0.1, 0.15) is 5.69 Å². The van der Waals surface area contributed by atoms with Gasteiger partial charge in [-0.15, -0.1) is 0 Å². The number of carbonyl (C=O) groups excluding carboxylic acids is 2. The van der Waals surface area contributed by atoms with E-state index in [1.54, 1.807) is 30.3 Å². The summed E-state index contributed by atoms with van der Waals surface area (Å²) >= 11 is 0.693. The van der Waals surface area contributed by atoms with Crippen molar-refractivity contribution in [1.29, 1.82) is 0 Å². The van der Waals surface area contributed by atoms with Gasteiger partial charge in [-0.25, -0.2) is 14.8 Å². The molecule has 24 heavy (non-hydrogen) atoms. The number of halogens is 3. The minimum atomic E-state index is -4.59. The Hall–Kier alpha value is -2.62. The summed E-state index contributed by atoms with van der Waals surface area (Å²) in [4.78, 5) is 30.2. The fraction of sp³-hybridized carbons (Fsp3) is 0.143. The summed E-state index contributed by atoms with van der Waals surface area (Å²) < 4.78 is 37.5. The molecule has 0 unspecified atom stereocenters. The fourth-order valence-corrected chi connectivity index (χ4v) is 2.18. The van der Waals surface area contributed by atoms with E-state index in [-0.39, 0.29) is 10.9 Å². The Balaban J connectivity index is 1.84. The van der Waals surface area contributed by atoms with Gasteiger partial charge in [0, 0.05) is 11.9 Å². The van der Waals surface area contributed by atoms with Crippen LogP contribution in [0.2, 0.25) is 0 Å². The molecule has 0 aliphatic heterocycles. The lowest BCUT2D eigenvalue weighted by atomic mass is 10.3. The van der Waals surface area contributed by atoms with Crippen LogP contribution in [0.15, 0.2) is 47.8 Å². The zero-order chi connectivity index (χ0) is 17.6. The van der Waals surface area contributed by atoms with Crippen molar-refractivity contribution in [3.8, 4) is 0 Å². The van der Waals surface area contributed by atoms with Gasteiger partial charge >= 0.3 is 12.2 Å². The third kappa shape index (κ3) is 5.54. The van der Waals surface area contributed by atoms with E-state index in [9.17, 15) is 22.8 Å². The molecule has 0 radical (unpaired) electrons. The minimum absolute atomic E-state index is 0.205. The van der Waals surface area contributed by atoms with Gasteiger partial charge in [0.2, 0.25) is 5.91 Å².